The van der Waals surface area contributed by atoms with Crippen LogP contribution >= 0.6 is 11.6 Å². The van der Waals surface area contributed by atoms with Crippen molar-refractivity contribution in [2.75, 3.05) is 11.9 Å². The van der Waals surface area contributed by atoms with Gasteiger partial charge in [-0.3, -0.25) is 0 Å². The smallest absolute Gasteiger partial charge is 0.223 e. The van der Waals surface area contributed by atoms with E-state index < -0.39 is 29.9 Å². The molecule has 2 saturated heterocycles. The summed E-state index contributed by atoms with van der Waals surface area (Å²) in [6, 6.07) is 4.50. The van der Waals surface area contributed by atoms with Crippen LogP contribution in [0.1, 0.15) is 51.4 Å². The maximum Gasteiger partial charge on any atom is 0.223 e. The molecule has 0 aliphatic carbocycles. The van der Waals surface area contributed by atoms with Crippen molar-refractivity contribution >= 4 is 28.5 Å². The van der Waals surface area contributed by atoms with E-state index in [1.54, 1.807) is 24.5 Å². The predicted octanol–water partition coefficient (Wildman–Crippen LogP) is 3.86. The number of anilines is 1. The molecule has 5 rings (SSSR count). The number of hydrogen-bond acceptors (Lipinski definition) is 8. The second kappa shape index (κ2) is 8.94. The number of aliphatic hydroxyl groups is 2. The molecular formula is C25H27ClFN5O4. The molecule has 0 amide bonds. The zero-order valence-corrected chi connectivity index (χ0v) is 21.0. The molecule has 4 heterocycles. The van der Waals surface area contributed by atoms with Crippen molar-refractivity contribution < 1.29 is 24.1 Å². The number of halogens is 2. The second-order valence-electron chi connectivity index (χ2n) is 10.0. The topological polar surface area (TPSA) is 125 Å². The molecule has 36 heavy (non-hydrogen) atoms. The first-order valence-electron chi connectivity index (χ1n) is 11.7. The molecule has 0 radical (unpaired) electrons. The summed E-state index contributed by atoms with van der Waals surface area (Å²) >= 11 is 6.44. The van der Waals surface area contributed by atoms with Crippen LogP contribution in [-0.4, -0.2) is 55.9 Å². The quantitative estimate of drug-likeness (QED) is 0.468. The molecule has 4 atom stereocenters. The Balaban J connectivity index is 1.61. The molecule has 190 valence electrons. The number of aromatic nitrogens is 3. The summed E-state index contributed by atoms with van der Waals surface area (Å²) in [7, 11) is 0. The average Bonchev–Trinajstić information content (AvgIpc) is 3.38. The van der Waals surface area contributed by atoms with Gasteiger partial charge in [0, 0.05) is 11.6 Å². The highest BCUT2D eigenvalue weighted by atomic mass is 35.5. The maximum absolute atomic E-state index is 15.6. The Bertz CT molecular complexity index is 1380. The fourth-order valence-electron chi connectivity index (χ4n) is 5.11. The third-order valence-electron chi connectivity index (χ3n) is 6.58. The van der Waals surface area contributed by atoms with Gasteiger partial charge in [0.1, 0.15) is 23.6 Å². The van der Waals surface area contributed by atoms with Gasteiger partial charge in [0.05, 0.1) is 57.8 Å². The van der Waals surface area contributed by atoms with Crippen LogP contribution in [0.4, 0.5) is 10.3 Å². The van der Waals surface area contributed by atoms with Gasteiger partial charge in [-0.15, -0.1) is 0 Å². The first-order chi connectivity index (χ1) is 17.0. The Morgan fingerprint density at radius 2 is 2.11 bits per heavy atom. The van der Waals surface area contributed by atoms with Gasteiger partial charge >= 0.3 is 0 Å². The lowest BCUT2D eigenvalue weighted by atomic mass is 9.99. The van der Waals surface area contributed by atoms with Crippen LogP contribution in [0.15, 0.2) is 18.3 Å². The lowest BCUT2D eigenvalue weighted by molar-refractivity contribution is -0.156. The van der Waals surface area contributed by atoms with Crippen LogP contribution in [0, 0.1) is 17.1 Å². The van der Waals surface area contributed by atoms with Crippen LogP contribution in [-0.2, 0) is 15.1 Å². The highest BCUT2D eigenvalue weighted by Crippen LogP contribution is 2.40. The van der Waals surface area contributed by atoms with E-state index in [0.717, 1.165) is 0 Å². The molecule has 1 aromatic carbocycles. The van der Waals surface area contributed by atoms with Crippen LogP contribution in [0.5, 0.6) is 0 Å². The third kappa shape index (κ3) is 4.11. The average molecular weight is 516 g/mol. The molecule has 0 saturated carbocycles. The number of fused-ring (bicyclic) bond motifs is 3. The first kappa shape index (κ1) is 24.9. The molecule has 2 aliphatic heterocycles. The highest BCUT2D eigenvalue weighted by Gasteiger charge is 2.43. The van der Waals surface area contributed by atoms with Crippen molar-refractivity contribution in [3.8, 4) is 17.3 Å². The molecule has 3 N–H and O–H groups in total. The number of nitrogens with zero attached hydrogens (tertiary/aromatic N) is 4. The zero-order valence-electron chi connectivity index (χ0n) is 20.3. The molecule has 3 aromatic rings. The van der Waals surface area contributed by atoms with Gasteiger partial charge in [0.2, 0.25) is 5.95 Å². The molecule has 2 aromatic heterocycles. The zero-order chi connectivity index (χ0) is 25.9. The SMILES string of the molecule is CC(C)n1c(C(C)(C)O)c(C#N)c2c(F)cc(-c3nc(N[C@@H]4C[C@@H]5CO[C@@H](O5)[C@H]4O)ncc3Cl)cc21. The van der Waals surface area contributed by atoms with E-state index in [1.807, 2.05) is 13.8 Å². The third-order valence-corrected chi connectivity index (χ3v) is 6.85. The minimum atomic E-state index is -1.38. The summed E-state index contributed by atoms with van der Waals surface area (Å²) in [6.07, 6.45) is 0.197. The summed E-state index contributed by atoms with van der Waals surface area (Å²) in [5.41, 5.74) is 0.182. The van der Waals surface area contributed by atoms with E-state index in [9.17, 15) is 15.5 Å². The van der Waals surface area contributed by atoms with E-state index in [1.165, 1.54) is 12.3 Å². The minimum Gasteiger partial charge on any atom is -0.386 e. The summed E-state index contributed by atoms with van der Waals surface area (Å²) < 4.78 is 28.3. The molecule has 11 heteroatoms. The van der Waals surface area contributed by atoms with Gasteiger partial charge in [0.25, 0.3) is 0 Å². The van der Waals surface area contributed by atoms with E-state index in [4.69, 9.17) is 21.1 Å². The van der Waals surface area contributed by atoms with Crippen molar-refractivity contribution in [1.82, 2.24) is 14.5 Å². The van der Waals surface area contributed by atoms with Crippen molar-refractivity contribution in [3.05, 3.63) is 40.4 Å². The van der Waals surface area contributed by atoms with E-state index in [-0.39, 0.29) is 39.8 Å². The van der Waals surface area contributed by atoms with Crippen LogP contribution in [0.3, 0.4) is 0 Å². The number of benzene rings is 1. The number of ether oxygens (including phenoxy) is 2. The van der Waals surface area contributed by atoms with Crippen LogP contribution in [0.2, 0.25) is 5.02 Å². The largest absolute Gasteiger partial charge is 0.386 e. The minimum absolute atomic E-state index is 0.0942. The van der Waals surface area contributed by atoms with Gasteiger partial charge < -0.3 is 29.6 Å². The van der Waals surface area contributed by atoms with Crippen LogP contribution in [0.25, 0.3) is 22.2 Å². The van der Waals surface area contributed by atoms with Gasteiger partial charge in [-0.25, -0.2) is 14.4 Å². The number of nitrogens with one attached hydrogen (secondary N) is 1. The first-order valence-corrected chi connectivity index (χ1v) is 12.1. The van der Waals surface area contributed by atoms with Gasteiger partial charge in [0.15, 0.2) is 6.29 Å². The van der Waals surface area contributed by atoms with Crippen molar-refractivity contribution in [2.24, 2.45) is 0 Å². The standard InChI is InChI=1S/C25H27ClFN5O4/c1-11(2)32-18-6-12(5-16(27)19(18)14(8-28)22(32)25(3,4)34)20-15(26)9-29-24(31-20)30-17-7-13-10-35-23(36-13)21(17)33/h5-6,9,11,13,17,21,23,33-34H,7,10H2,1-4H3,(H,29,30,31)/t13-,17-,21+,23+/m1/s1. The summed E-state index contributed by atoms with van der Waals surface area (Å²) in [5.74, 6) is -0.406. The van der Waals surface area contributed by atoms with Gasteiger partial charge in [-0.1, -0.05) is 11.6 Å². The van der Waals surface area contributed by atoms with E-state index in [2.05, 4.69) is 21.4 Å². The predicted molar refractivity (Wildman–Crippen MR) is 131 cm³/mol. The Morgan fingerprint density at radius 1 is 1.36 bits per heavy atom. The lowest BCUT2D eigenvalue weighted by Gasteiger charge is -2.32. The van der Waals surface area contributed by atoms with E-state index >= 15 is 4.39 Å². The molecule has 2 aliphatic rings. The Labute approximate surface area is 212 Å². The fourth-order valence-corrected chi connectivity index (χ4v) is 5.31. The summed E-state index contributed by atoms with van der Waals surface area (Å²) in [5, 5.41) is 34.7. The molecule has 9 nitrogen and oxygen atoms in total. The summed E-state index contributed by atoms with van der Waals surface area (Å²) in [6.45, 7) is 7.35. The Hall–Kier alpha value is -2.81. The number of aliphatic hydroxyl groups excluding tert-OH is 1. The van der Waals surface area contributed by atoms with E-state index in [0.29, 0.717) is 29.8 Å². The second-order valence-corrected chi connectivity index (χ2v) is 10.4. The molecule has 2 bridgehead atoms. The van der Waals surface area contributed by atoms with Crippen molar-refractivity contribution in [1.29, 1.82) is 5.26 Å². The van der Waals surface area contributed by atoms with Crippen molar-refractivity contribution in [2.45, 2.75) is 70.3 Å². The number of hydrogen-bond donors (Lipinski definition) is 3. The number of nitriles is 1. The maximum atomic E-state index is 15.6. The van der Waals surface area contributed by atoms with Gasteiger partial charge in [-0.2, -0.15) is 5.26 Å². The van der Waals surface area contributed by atoms with Gasteiger partial charge in [-0.05, 0) is 46.2 Å². The lowest BCUT2D eigenvalue weighted by Crippen LogP contribution is -2.48. The molecule has 0 spiro atoms. The molecule has 2 fully saturated rings. The normalized spacial score (nSPS) is 23.9. The highest BCUT2D eigenvalue weighted by molar-refractivity contribution is 6.33. The van der Waals surface area contributed by atoms with Crippen molar-refractivity contribution in [3.63, 3.8) is 0 Å². The Kier molecular flexibility index (Phi) is 6.17. The summed E-state index contributed by atoms with van der Waals surface area (Å²) in [4.78, 5) is 8.76. The Morgan fingerprint density at radius 3 is 2.78 bits per heavy atom. The van der Waals surface area contributed by atoms with Crippen LogP contribution < -0.4 is 5.32 Å². The fraction of sp³-hybridized carbons (Fsp3) is 0.480. The number of rotatable bonds is 5. The molecular weight excluding hydrogens is 489 g/mol. The molecule has 0 unspecified atom stereocenters. The monoisotopic (exact) mass is 515 g/mol.